The molecule has 0 spiro atoms. The maximum absolute atomic E-state index is 2.21. The number of hydrogen-bond donors (Lipinski definition) is 0. The summed E-state index contributed by atoms with van der Waals surface area (Å²) >= 11 is 0. The van der Waals surface area contributed by atoms with Gasteiger partial charge in [0.1, 0.15) is 0 Å². The first kappa shape index (κ1) is 35.3. The predicted molar refractivity (Wildman–Crippen MR) is 145 cm³/mol. The third-order valence-electron chi connectivity index (χ3n) is 5.95. The van der Waals surface area contributed by atoms with E-state index < -0.39 is 0 Å². The van der Waals surface area contributed by atoms with Crippen LogP contribution in [-0.4, -0.2) is 0 Å². The van der Waals surface area contributed by atoms with Gasteiger partial charge in [-0.3, -0.25) is 0 Å². The van der Waals surface area contributed by atoms with Gasteiger partial charge in [0, 0.05) is 22.4 Å². The standard InChI is InChI=1S/3C8H12P.2ClH.Ta/c3*1-5-6(2)8(4)9-7(5)3;;;/h3*1-4H3;2*1H;/q3*-1;;;. The molecule has 0 fully saturated rings. The first-order valence-electron chi connectivity index (χ1n) is 9.59. The number of halogens is 2. The zero-order valence-electron chi connectivity index (χ0n) is 20.6. The zero-order chi connectivity index (χ0) is 21.0. The zero-order valence-corrected chi connectivity index (χ0v) is 28.1. The van der Waals surface area contributed by atoms with Gasteiger partial charge in [0.05, 0.1) is 0 Å². The summed E-state index contributed by atoms with van der Waals surface area (Å²) in [4.78, 5) is 0. The van der Waals surface area contributed by atoms with Crippen molar-refractivity contribution in [3.63, 3.8) is 0 Å². The maximum atomic E-state index is 2.21. The van der Waals surface area contributed by atoms with Crippen LogP contribution in [0.3, 0.4) is 0 Å². The van der Waals surface area contributed by atoms with E-state index in [-0.39, 0.29) is 47.2 Å². The van der Waals surface area contributed by atoms with Crippen LogP contribution >= 0.6 is 49.4 Å². The van der Waals surface area contributed by atoms with E-state index in [4.69, 9.17) is 0 Å². The fraction of sp³-hybridized carbons (Fsp3) is 0.500. The second kappa shape index (κ2) is 15.5. The molecular weight excluding hydrogens is 633 g/mol. The summed E-state index contributed by atoms with van der Waals surface area (Å²) in [5.74, 6) is 0. The molecule has 0 saturated heterocycles. The molecule has 0 N–H and O–H groups in total. The second-order valence-corrected chi connectivity index (χ2v) is 12.3. The molecule has 3 aromatic rings. The van der Waals surface area contributed by atoms with Crippen molar-refractivity contribution in [2.45, 2.75) is 83.1 Å². The van der Waals surface area contributed by atoms with Crippen LogP contribution < -0.4 is 0 Å². The van der Waals surface area contributed by atoms with Crippen LogP contribution in [0.1, 0.15) is 65.2 Å². The van der Waals surface area contributed by atoms with Crippen LogP contribution in [0, 0.1) is 83.1 Å². The van der Waals surface area contributed by atoms with Gasteiger partial charge in [-0.2, -0.15) is 49.3 Å². The molecule has 3 rings (SSSR count). The van der Waals surface area contributed by atoms with Gasteiger partial charge >= 0.3 is 0 Å². The summed E-state index contributed by atoms with van der Waals surface area (Å²) in [6.07, 6.45) is 0. The third-order valence-corrected chi connectivity index (χ3v) is 9.97. The van der Waals surface area contributed by atoms with Gasteiger partial charge < -0.3 is 0 Å². The van der Waals surface area contributed by atoms with Gasteiger partial charge in [-0.05, 0) is 0 Å². The largest absolute Gasteiger partial charge is 0.220 e. The molecule has 0 aliphatic rings. The Hall–Kier alpha value is 0.660. The van der Waals surface area contributed by atoms with Crippen molar-refractivity contribution in [1.29, 1.82) is 0 Å². The fourth-order valence-electron chi connectivity index (χ4n) is 2.89. The summed E-state index contributed by atoms with van der Waals surface area (Å²) in [7, 11) is 4.31. The molecule has 0 aliphatic heterocycles. The van der Waals surface area contributed by atoms with Crippen LogP contribution in [0.2, 0.25) is 0 Å². The molecule has 1 radical (unpaired) electrons. The molecule has 0 atom stereocenters. The van der Waals surface area contributed by atoms with Gasteiger partial charge in [-0.15, -0.1) is 40.7 Å². The normalized spacial score (nSPS) is 10.0. The molecule has 0 nitrogen and oxygen atoms in total. The van der Waals surface area contributed by atoms with E-state index in [1.807, 2.05) is 0 Å². The van der Waals surface area contributed by atoms with Crippen molar-refractivity contribution < 1.29 is 22.4 Å². The van der Waals surface area contributed by atoms with Gasteiger partial charge in [-0.1, -0.05) is 83.1 Å². The maximum Gasteiger partial charge on any atom is 0 e. The van der Waals surface area contributed by atoms with Gasteiger partial charge in [-0.25, -0.2) is 24.6 Å². The van der Waals surface area contributed by atoms with E-state index in [1.54, 1.807) is 0 Å². The van der Waals surface area contributed by atoms with Gasteiger partial charge in [0.2, 0.25) is 0 Å². The summed E-state index contributed by atoms with van der Waals surface area (Å²) < 4.78 is 0. The average molecular weight is 671 g/mol. The predicted octanol–water partition coefficient (Wildman–Crippen LogP) is 10.5. The molecule has 0 bridgehead atoms. The van der Waals surface area contributed by atoms with E-state index in [1.165, 1.54) is 89.7 Å². The minimum absolute atomic E-state index is 0. The van der Waals surface area contributed by atoms with Crippen LogP contribution in [0.25, 0.3) is 0 Å². The minimum Gasteiger partial charge on any atom is -0.220 e. The Bertz CT molecular complexity index is 731. The van der Waals surface area contributed by atoms with Gasteiger partial charge in [0.25, 0.3) is 0 Å². The fourth-order valence-corrected chi connectivity index (χ4v) is 6.41. The number of rotatable bonds is 0. The Morgan fingerprint density at radius 3 is 0.633 bits per heavy atom. The topological polar surface area (TPSA) is 0 Å². The second-order valence-electron chi connectivity index (χ2n) is 7.60. The molecule has 0 aliphatic carbocycles. The van der Waals surface area contributed by atoms with Crippen molar-refractivity contribution in [2.75, 3.05) is 0 Å². The first-order valence-corrected chi connectivity index (χ1v) is 12.3. The molecule has 0 aromatic carbocycles. The third kappa shape index (κ3) is 9.26. The smallest absolute Gasteiger partial charge is 0 e. The van der Waals surface area contributed by atoms with Crippen molar-refractivity contribution >= 4 is 49.4 Å². The van der Waals surface area contributed by atoms with Crippen LogP contribution in [-0.2, 0) is 22.4 Å². The van der Waals surface area contributed by atoms with E-state index >= 15 is 0 Å². The van der Waals surface area contributed by atoms with Crippen LogP contribution in [0.15, 0.2) is 0 Å². The Balaban J connectivity index is -0.000000347. The van der Waals surface area contributed by atoms with E-state index in [0.717, 1.165) is 0 Å². The Labute approximate surface area is 218 Å². The number of hydrogen-bond acceptors (Lipinski definition) is 0. The summed E-state index contributed by atoms with van der Waals surface area (Å²) in [6, 6.07) is 0. The Kier molecular flexibility index (Phi) is 18.2. The molecule has 3 aromatic heterocycles. The summed E-state index contributed by atoms with van der Waals surface area (Å²) in [6.45, 7) is 26.4. The molecule has 3 heterocycles. The van der Waals surface area contributed by atoms with Crippen molar-refractivity contribution in [3.05, 3.63) is 65.2 Å². The molecular formula is C24H38Cl2P3Ta-3. The molecule has 6 heteroatoms. The van der Waals surface area contributed by atoms with Crippen LogP contribution in [0.5, 0.6) is 0 Å². The van der Waals surface area contributed by atoms with Crippen molar-refractivity contribution in [3.8, 4) is 0 Å². The van der Waals surface area contributed by atoms with Gasteiger partial charge in [0.15, 0.2) is 0 Å². The van der Waals surface area contributed by atoms with Crippen LogP contribution in [0.4, 0.5) is 0 Å². The monoisotopic (exact) mass is 670 g/mol. The Morgan fingerprint density at radius 2 is 0.600 bits per heavy atom. The summed E-state index contributed by atoms with van der Waals surface area (Å²) in [5.41, 5.74) is 8.97. The van der Waals surface area contributed by atoms with Crippen molar-refractivity contribution in [2.24, 2.45) is 0 Å². The van der Waals surface area contributed by atoms with E-state index in [2.05, 4.69) is 83.1 Å². The molecule has 0 saturated carbocycles. The minimum atomic E-state index is 0. The molecule has 171 valence electrons. The Morgan fingerprint density at radius 1 is 0.433 bits per heavy atom. The SMILES string of the molecule is Cc1p[c-](C)c(C)c1C.Cc1p[c-](C)c(C)c1C.Cc1p[c-](C)c(C)c1C.Cl.Cl.[Ta]. The first-order chi connectivity index (χ1) is 12.4. The molecule has 0 unspecified atom stereocenters. The molecule has 30 heavy (non-hydrogen) atoms. The number of aryl methyl sites for hydroxylation is 6. The van der Waals surface area contributed by atoms with Crippen molar-refractivity contribution in [1.82, 2.24) is 0 Å². The summed E-state index contributed by atoms with van der Waals surface area (Å²) in [5, 5.41) is 9.11. The van der Waals surface area contributed by atoms with E-state index in [0.29, 0.717) is 0 Å². The molecule has 0 amide bonds. The quantitative estimate of drug-likeness (QED) is 0.209. The average Bonchev–Trinajstić information content (AvgIpc) is 3.07. The van der Waals surface area contributed by atoms with E-state index in [9.17, 15) is 0 Å².